The SMILES string of the molecule is CC(C)NC1(CO)CCNCC1C. The Balaban J connectivity index is 2.64. The van der Waals surface area contributed by atoms with Crippen LogP contribution in [0.4, 0.5) is 0 Å². The normalized spacial score (nSPS) is 35.3. The van der Waals surface area contributed by atoms with Crippen molar-refractivity contribution in [3.8, 4) is 0 Å². The van der Waals surface area contributed by atoms with Gasteiger partial charge in [0.1, 0.15) is 0 Å². The molecule has 78 valence electrons. The standard InChI is InChI=1S/C10H22N2O/c1-8(2)12-10(7-13)4-5-11-6-9(10)3/h8-9,11-13H,4-7H2,1-3H3. The summed E-state index contributed by atoms with van der Waals surface area (Å²) in [5, 5.41) is 16.3. The molecule has 1 fully saturated rings. The van der Waals surface area contributed by atoms with Crippen LogP contribution in [0.15, 0.2) is 0 Å². The molecule has 13 heavy (non-hydrogen) atoms. The summed E-state index contributed by atoms with van der Waals surface area (Å²) < 4.78 is 0. The minimum atomic E-state index is -0.0561. The van der Waals surface area contributed by atoms with Crippen molar-refractivity contribution in [2.75, 3.05) is 19.7 Å². The largest absolute Gasteiger partial charge is 0.394 e. The molecule has 1 aliphatic heterocycles. The molecule has 1 aliphatic rings. The second kappa shape index (κ2) is 4.40. The lowest BCUT2D eigenvalue weighted by molar-refractivity contribution is 0.0755. The second-order valence-electron chi connectivity index (χ2n) is 4.47. The predicted molar refractivity (Wildman–Crippen MR) is 54.7 cm³/mol. The fourth-order valence-corrected chi connectivity index (χ4v) is 2.14. The maximum Gasteiger partial charge on any atom is 0.0617 e. The van der Waals surface area contributed by atoms with Crippen LogP contribution in [0.25, 0.3) is 0 Å². The summed E-state index contributed by atoms with van der Waals surface area (Å²) in [7, 11) is 0. The van der Waals surface area contributed by atoms with Gasteiger partial charge in [-0.05, 0) is 25.4 Å². The van der Waals surface area contributed by atoms with Gasteiger partial charge in [-0.2, -0.15) is 0 Å². The minimum absolute atomic E-state index is 0.0561. The Hall–Kier alpha value is -0.120. The number of hydrogen-bond donors (Lipinski definition) is 3. The first kappa shape index (κ1) is 11.0. The van der Waals surface area contributed by atoms with Crippen LogP contribution in [0.3, 0.4) is 0 Å². The summed E-state index contributed by atoms with van der Waals surface area (Å²) in [5.41, 5.74) is -0.0561. The van der Waals surface area contributed by atoms with Crippen molar-refractivity contribution in [2.24, 2.45) is 5.92 Å². The molecule has 0 bridgehead atoms. The first-order chi connectivity index (χ1) is 6.10. The third kappa shape index (κ3) is 2.42. The Morgan fingerprint density at radius 2 is 2.31 bits per heavy atom. The van der Waals surface area contributed by atoms with E-state index in [0.717, 1.165) is 19.5 Å². The van der Waals surface area contributed by atoms with E-state index in [2.05, 4.69) is 31.4 Å². The first-order valence-electron chi connectivity index (χ1n) is 5.20. The zero-order valence-corrected chi connectivity index (χ0v) is 8.93. The van der Waals surface area contributed by atoms with Crippen LogP contribution in [0.5, 0.6) is 0 Å². The second-order valence-corrected chi connectivity index (χ2v) is 4.47. The van der Waals surface area contributed by atoms with Crippen molar-refractivity contribution in [3.63, 3.8) is 0 Å². The van der Waals surface area contributed by atoms with Gasteiger partial charge < -0.3 is 15.7 Å². The lowest BCUT2D eigenvalue weighted by Gasteiger charge is -2.43. The molecule has 0 aromatic heterocycles. The number of nitrogens with one attached hydrogen (secondary N) is 2. The van der Waals surface area contributed by atoms with Crippen molar-refractivity contribution >= 4 is 0 Å². The topological polar surface area (TPSA) is 44.3 Å². The Morgan fingerprint density at radius 1 is 1.62 bits per heavy atom. The van der Waals surface area contributed by atoms with Gasteiger partial charge >= 0.3 is 0 Å². The first-order valence-corrected chi connectivity index (χ1v) is 5.20. The van der Waals surface area contributed by atoms with E-state index in [4.69, 9.17) is 0 Å². The minimum Gasteiger partial charge on any atom is -0.394 e. The van der Waals surface area contributed by atoms with Gasteiger partial charge in [0, 0.05) is 11.6 Å². The van der Waals surface area contributed by atoms with Gasteiger partial charge in [-0.3, -0.25) is 0 Å². The summed E-state index contributed by atoms with van der Waals surface area (Å²) >= 11 is 0. The summed E-state index contributed by atoms with van der Waals surface area (Å²) in [5.74, 6) is 0.494. The van der Waals surface area contributed by atoms with Crippen LogP contribution < -0.4 is 10.6 Å². The molecule has 1 heterocycles. The average molecular weight is 186 g/mol. The third-order valence-electron chi connectivity index (χ3n) is 3.00. The van der Waals surface area contributed by atoms with Gasteiger partial charge in [-0.25, -0.2) is 0 Å². The molecule has 0 spiro atoms. The maximum atomic E-state index is 9.47. The molecule has 0 radical (unpaired) electrons. The van der Waals surface area contributed by atoms with Gasteiger partial charge in [0.25, 0.3) is 0 Å². The average Bonchev–Trinajstić information content (AvgIpc) is 2.08. The van der Waals surface area contributed by atoms with Crippen molar-refractivity contribution in [3.05, 3.63) is 0 Å². The Kier molecular flexibility index (Phi) is 3.71. The number of piperidine rings is 1. The molecule has 2 atom stereocenters. The highest BCUT2D eigenvalue weighted by atomic mass is 16.3. The number of hydrogen-bond acceptors (Lipinski definition) is 3. The lowest BCUT2D eigenvalue weighted by Crippen LogP contribution is -2.62. The van der Waals surface area contributed by atoms with E-state index in [1.807, 2.05) is 0 Å². The monoisotopic (exact) mass is 186 g/mol. The van der Waals surface area contributed by atoms with Crippen LogP contribution in [0.2, 0.25) is 0 Å². The van der Waals surface area contributed by atoms with Crippen molar-refractivity contribution in [1.29, 1.82) is 0 Å². The van der Waals surface area contributed by atoms with E-state index in [1.165, 1.54) is 0 Å². The van der Waals surface area contributed by atoms with Crippen LogP contribution in [0.1, 0.15) is 27.2 Å². The molecule has 0 aliphatic carbocycles. The number of rotatable bonds is 3. The van der Waals surface area contributed by atoms with E-state index >= 15 is 0 Å². The molecule has 1 saturated heterocycles. The molecule has 3 N–H and O–H groups in total. The highest BCUT2D eigenvalue weighted by molar-refractivity contribution is 4.97. The zero-order valence-electron chi connectivity index (χ0n) is 8.93. The van der Waals surface area contributed by atoms with Crippen LogP contribution in [-0.2, 0) is 0 Å². The Bertz CT molecular complexity index is 161. The molecular formula is C10H22N2O. The van der Waals surface area contributed by atoms with E-state index in [0.29, 0.717) is 12.0 Å². The van der Waals surface area contributed by atoms with E-state index in [1.54, 1.807) is 0 Å². The molecule has 3 nitrogen and oxygen atoms in total. The lowest BCUT2D eigenvalue weighted by atomic mass is 9.79. The summed E-state index contributed by atoms with van der Waals surface area (Å²) in [6.45, 7) is 8.70. The van der Waals surface area contributed by atoms with Gasteiger partial charge in [-0.1, -0.05) is 20.8 Å². The molecule has 3 heteroatoms. The summed E-state index contributed by atoms with van der Waals surface area (Å²) in [6.07, 6.45) is 1.02. The van der Waals surface area contributed by atoms with E-state index in [9.17, 15) is 5.11 Å². The molecule has 0 aromatic rings. The maximum absolute atomic E-state index is 9.47. The molecule has 1 rings (SSSR count). The summed E-state index contributed by atoms with van der Waals surface area (Å²) in [6, 6.07) is 0.438. The molecular weight excluding hydrogens is 164 g/mol. The van der Waals surface area contributed by atoms with Crippen LogP contribution in [-0.4, -0.2) is 36.4 Å². The molecule has 0 amide bonds. The smallest absolute Gasteiger partial charge is 0.0617 e. The number of aliphatic hydroxyl groups is 1. The van der Waals surface area contributed by atoms with Gasteiger partial charge in [-0.15, -0.1) is 0 Å². The highest BCUT2D eigenvalue weighted by Gasteiger charge is 2.37. The Morgan fingerprint density at radius 3 is 2.77 bits per heavy atom. The fourth-order valence-electron chi connectivity index (χ4n) is 2.14. The fraction of sp³-hybridized carbons (Fsp3) is 1.00. The quantitative estimate of drug-likeness (QED) is 0.596. The molecule has 0 aromatic carbocycles. The predicted octanol–water partition coefficient (Wildman–Crippen LogP) is 0.345. The molecule has 2 unspecified atom stereocenters. The summed E-state index contributed by atoms with van der Waals surface area (Å²) in [4.78, 5) is 0. The van der Waals surface area contributed by atoms with Crippen molar-refractivity contribution in [2.45, 2.75) is 38.8 Å². The van der Waals surface area contributed by atoms with Gasteiger partial charge in [0.2, 0.25) is 0 Å². The highest BCUT2D eigenvalue weighted by Crippen LogP contribution is 2.24. The van der Waals surface area contributed by atoms with E-state index < -0.39 is 0 Å². The Labute approximate surface area is 80.9 Å². The van der Waals surface area contributed by atoms with Gasteiger partial charge in [0.05, 0.1) is 6.61 Å². The number of aliphatic hydroxyl groups excluding tert-OH is 1. The third-order valence-corrected chi connectivity index (χ3v) is 3.00. The van der Waals surface area contributed by atoms with E-state index in [-0.39, 0.29) is 12.1 Å². The zero-order chi connectivity index (χ0) is 9.90. The van der Waals surface area contributed by atoms with Crippen molar-refractivity contribution in [1.82, 2.24) is 10.6 Å². The van der Waals surface area contributed by atoms with Crippen LogP contribution >= 0.6 is 0 Å². The van der Waals surface area contributed by atoms with Crippen molar-refractivity contribution < 1.29 is 5.11 Å². The molecule has 0 saturated carbocycles. The van der Waals surface area contributed by atoms with Crippen LogP contribution in [0, 0.1) is 5.92 Å². The van der Waals surface area contributed by atoms with Gasteiger partial charge in [0.15, 0.2) is 0 Å².